The molecule has 170 valence electrons. The molecule has 7 nitrogen and oxygen atoms in total. The lowest BCUT2D eigenvalue weighted by atomic mass is 10.1. The number of piperazine rings is 1. The highest BCUT2D eigenvalue weighted by atomic mass is 32.2. The summed E-state index contributed by atoms with van der Waals surface area (Å²) < 4.78 is 27.8. The van der Waals surface area contributed by atoms with Crippen molar-refractivity contribution in [3.8, 4) is 0 Å². The number of nitrogens with zero attached hydrogens (tertiary/aromatic N) is 3. The van der Waals surface area contributed by atoms with Crippen molar-refractivity contribution in [1.82, 2.24) is 14.1 Å². The van der Waals surface area contributed by atoms with Gasteiger partial charge in [0, 0.05) is 32.7 Å². The molecule has 0 N–H and O–H groups in total. The van der Waals surface area contributed by atoms with Gasteiger partial charge in [-0.1, -0.05) is 42.5 Å². The van der Waals surface area contributed by atoms with E-state index in [1.165, 1.54) is 9.21 Å². The Bertz CT molecular complexity index is 1300. The molecule has 0 bridgehead atoms. The molecule has 1 fully saturated rings. The minimum Gasteiger partial charge on any atom is -0.301 e. The van der Waals surface area contributed by atoms with Gasteiger partial charge in [-0.15, -0.1) is 0 Å². The molecular weight excluding hydrogens is 438 g/mol. The van der Waals surface area contributed by atoms with Crippen molar-refractivity contribution >= 4 is 32.6 Å². The number of hydrogen-bond acceptors (Lipinski definition) is 5. The third-order valence-corrected chi connectivity index (χ3v) is 8.32. The number of fused-ring (bicyclic) bond motifs is 2. The van der Waals surface area contributed by atoms with Crippen LogP contribution < -0.4 is 0 Å². The molecule has 0 radical (unpaired) electrons. The van der Waals surface area contributed by atoms with E-state index in [2.05, 4.69) is 4.90 Å². The summed E-state index contributed by atoms with van der Waals surface area (Å²) >= 11 is 0. The predicted octanol–water partition coefficient (Wildman–Crippen LogP) is 2.83. The van der Waals surface area contributed by atoms with Crippen LogP contribution in [-0.2, 0) is 10.0 Å². The van der Waals surface area contributed by atoms with Gasteiger partial charge in [-0.3, -0.25) is 14.5 Å². The molecule has 0 spiro atoms. The summed E-state index contributed by atoms with van der Waals surface area (Å²) in [5.41, 5.74) is 0.935. The first-order valence-corrected chi connectivity index (χ1v) is 12.6. The molecule has 2 aliphatic heterocycles. The highest BCUT2D eigenvalue weighted by Gasteiger charge is 2.35. The normalized spacial score (nSPS) is 17.6. The monoisotopic (exact) mass is 463 g/mol. The summed E-state index contributed by atoms with van der Waals surface area (Å²) in [5, 5.41) is 1.92. The fourth-order valence-electron chi connectivity index (χ4n) is 4.57. The molecule has 0 aromatic heterocycles. The summed E-state index contributed by atoms with van der Waals surface area (Å²) in [6.45, 7) is 3.15. The van der Waals surface area contributed by atoms with Crippen molar-refractivity contribution in [2.24, 2.45) is 0 Å². The molecule has 2 amide bonds. The molecule has 1 saturated heterocycles. The summed E-state index contributed by atoms with van der Waals surface area (Å²) in [5.74, 6) is -0.469. The van der Waals surface area contributed by atoms with Crippen LogP contribution in [-0.4, -0.2) is 73.6 Å². The first-order chi connectivity index (χ1) is 15.9. The van der Waals surface area contributed by atoms with Gasteiger partial charge in [0.2, 0.25) is 10.0 Å². The average molecular weight is 464 g/mol. The Labute approximate surface area is 193 Å². The maximum atomic E-state index is 13.1. The largest absolute Gasteiger partial charge is 0.301 e. The first kappa shape index (κ1) is 21.8. The molecule has 0 unspecified atom stereocenters. The van der Waals surface area contributed by atoms with Crippen LogP contribution in [0.15, 0.2) is 71.6 Å². The van der Waals surface area contributed by atoms with Crippen LogP contribution in [0.25, 0.3) is 10.8 Å². The van der Waals surface area contributed by atoms with Crippen molar-refractivity contribution in [2.45, 2.75) is 11.3 Å². The van der Waals surface area contributed by atoms with Crippen molar-refractivity contribution in [1.29, 1.82) is 0 Å². The van der Waals surface area contributed by atoms with Gasteiger partial charge in [-0.05, 0) is 48.0 Å². The zero-order chi connectivity index (χ0) is 23.0. The summed E-state index contributed by atoms with van der Waals surface area (Å²) in [6, 6.07) is 19.9. The zero-order valence-corrected chi connectivity index (χ0v) is 19.0. The molecule has 0 atom stereocenters. The van der Waals surface area contributed by atoms with Gasteiger partial charge in [0.25, 0.3) is 11.8 Å². The molecule has 3 aromatic carbocycles. The number of amides is 2. The zero-order valence-electron chi connectivity index (χ0n) is 18.2. The van der Waals surface area contributed by atoms with E-state index in [-0.39, 0.29) is 11.8 Å². The average Bonchev–Trinajstić information content (AvgIpc) is 3.09. The van der Waals surface area contributed by atoms with E-state index in [1.54, 1.807) is 36.4 Å². The molecule has 5 rings (SSSR count). The SMILES string of the molecule is O=C1c2ccccc2C(=O)N1CCCN1CCN(S(=O)(=O)c2ccc3ccccc3c2)CC1. The number of hydrogen-bond donors (Lipinski definition) is 0. The van der Waals surface area contributed by atoms with Crippen LogP contribution >= 0.6 is 0 Å². The number of benzene rings is 3. The highest BCUT2D eigenvalue weighted by molar-refractivity contribution is 7.89. The van der Waals surface area contributed by atoms with Crippen molar-refractivity contribution in [3.05, 3.63) is 77.9 Å². The minimum absolute atomic E-state index is 0.234. The number of sulfonamides is 1. The van der Waals surface area contributed by atoms with E-state index < -0.39 is 10.0 Å². The van der Waals surface area contributed by atoms with Gasteiger partial charge in [0.1, 0.15) is 0 Å². The summed E-state index contributed by atoms with van der Waals surface area (Å²) in [7, 11) is -3.55. The molecule has 2 aliphatic rings. The second-order valence-electron chi connectivity index (χ2n) is 8.42. The third kappa shape index (κ3) is 4.06. The van der Waals surface area contributed by atoms with Crippen LogP contribution in [0.3, 0.4) is 0 Å². The maximum Gasteiger partial charge on any atom is 0.261 e. The van der Waals surface area contributed by atoms with E-state index in [0.29, 0.717) is 61.7 Å². The highest BCUT2D eigenvalue weighted by Crippen LogP contribution is 2.24. The molecule has 0 saturated carbocycles. The quantitative estimate of drug-likeness (QED) is 0.526. The number of carbonyl (C=O) groups is 2. The number of imide groups is 1. The van der Waals surface area contributed by atoms with Crippen LogP contribution in [0, 0.1) is 0 Å². The lowest BCUT2D eigenvalue weighted by Gasteiger charge is -2.34. The van der Waals surface area contributed by atoms with E-state index in [9.17, 15) is 18.0 Å². The van der Waals surface area contributed by atoms with Gasteiger partial charge in [-0.2, -0.15) is 4.31 Å². The Hall–Kier alpha value is -3.07. The summed E-state index contributed by atoms with van der Waals surface area (Å²) in [6.07, 6.45) is 0.656. The van der Waals surface area contributed by atoms with E-state index in [0.717, 1.165) is 10.8 Å². The van der Waals surface area contributed by atoms with E-state index >= 15 is 0 Å². The van der Waals surface area contributed by atoms with Crippen LogP contribution in [0.5, 0.6) is 0 Å². The Morgan fingerprint density at radius 1 is 0.697 bits per heavy atom. The molecule has 2 heterocycles. The molecule has 3 aromatic rings. The van der Waals surface area contributed by atoms with Crippen LogP contribution in [0.1, 0.15) is 27.1 Å². The Kier molecular flexibility index (Phi) is 5.74. The Morgan fingerprint density at radius 3 is 1.97 bits per heavy atom. The van der Waals surface area contributed by atoms with Gasteiger partial charge in [-0.25, -0.2) is 8.42 Å². The Morgan fingerprint density at radius 2 is 1.30 bits per heavy atom. The van der Waals surface area contributed by atoms with Crippen LogP contribution in [0.4, 0.5) is 0 Å². The van der Waals surface area contributed by atoms with Crippen molar-refractivity contribution < 1.29 is 18.0 Å². The van der Waals surface area contributed by atoms with Gasteiger partial charge >= 0.3 is 0 Å². The minimum atomic E-state index is -3.55. The smallest absolute Gasteiger partial charge is 0.261 e. The topological polar surface area (TPSA) is 78.0 Å². The molecule has 33 heavy (non-hydrogen) atoms. The second-order valence-corrected chi connectivity index (χ2v) is 10.4. The standard InChI is InChI=1S/C25H25N3O4S/c29-24-22-8-3-4-9-23(22)25(30)28(24)13-5-12-26-14-16-27(17-15-26)33(31,32)21-11-10-19-6-1-2-7-20(19)18-21/h1-4,6-11,18H,5,12-17H2. The predicted molar refractivity (Wildman–Crippen MR) is 126 cm³/mol. The molecular formula is C25H25N3O4S. The second kappa shape index (κ2) is 8.70. The van der Waals surface area contributed by atoms with Crippen molar-refractivity contribution in [2.75, 3.05) is 39.3 Å². The molecule has 0 aliphatic carbocycles. The first-order valence-electron chi connectivity index (χ1n) is 11.1. The summed E-state index contributed by atoms with van der Waals surface area (Å²) in [4.78, 5) is 28.8. The van der Waals surface area contributed by atoms with E-state index in [1.807, 2.05) is 30.3 Å². The van der Waals surface area contributed by atoms with Crippen molar-refractivity contribution in [3.63, 3.8) is 0 Å². The fraction of sp³-hybridized carbons (Fsp3) is 0.280. The lowest BCUT2D eigenvalue weighted by molar-refractivity contribution is 0.0644. The third-order valence-electron chi connectivity index (χ3n) is 6.42. The number of rotatable bonds is 6. The van der Waals surface area contributed by atoms with Crippen LogP contribution in [0.2, 0.25) is 0 Å². The number of carbonyl (C=O) groups excluding carboxylic acids is 2. The van der Waals surface area contributed by atoms with Gasteiger partial charge < -0.3 is 4.90 Å². The maximum absolute atomic E-state index is 13.1. The fourth-order valence-corrected chi connectivity index (χ4v) is 6.02. The molecule has 8 heteroatoms. The van der Waals surface area contributed by atoms with E-state index in [4.69, 9.17) is 0 Å². The van der Waals surface area contributed by atoms with Gasteiger partial charge in [0.15, 0.2) is 0 Å². The lowest BCUT2D eigenvalue weighted by Crippen LogP contribution is -2.49. The van der Waals surface area contributed by atoms with Gasteiger partial charge in [0.05, 0.1) is 16.0 Å². The Balaban J connectivity index is 1.15.